The number of rotatable bonds is 3. The molecular weight excluding hydrogens is 202 g/mol. The maximum atomic E-state index is 5.23. The van der Waals surface area contributed by atoms with E-state index in [4.69, 9.17) is 4.52 Å². The molecule has 0 aromatic carbocycles. The number of aryl methyl sites for hydroxylation is 1. The van der Waals surface area contributed by atoms with Gasteiger partial charge in [0.25, 0.3) is 0 Å². The molecule has 2 heterocycles. The molecule has 0 unspecified atom stereocenters. The Balaban J connectivity index is 1.93. The maximum absolute atomic E-state index is 5.23. The number of nitrogens with zero attached hydrogens (tertiary/aromatic N) is 3. The summed E-state index contributed by atoms with van der Waals surface area (Å²) in [5.41, 5.74) is 0. The summed E-state index contributed by atoms with van der Waals surface area (Å²) in [7, 11) is 0. The minimum Gasteiger partial charge on any atom is -0.338 e. The molecule has 1 fully saturated rings. The molecule has 1 saturated heterocycles. The molecule has 2 rings (SSSR count). The number of hydrogen-bond acceptors (Lipinski definition) is 4. The first-order valence-electron chi connectivity index (χ1n) is 6.21. The minimum absolute atomic E-state index is 0.762. The largest absolute Gasteiger partial charge is 0.338 e. The number of likely N-dealkylation sites (tertiary alicyclic amines) is 1. The monoisotopic (exact) mass is 223 g/mol. The second-order valence-electron chi connectivity index (χ2n) is 5.10. The third-order valence-electron chi connectivity index (χ3n) is 3.13. The fraction of sp³-hybridized carbons (Fsp3) is 0.833. The highest BCUT2D eigenvalue weighted by Crippen LogP contribution is 2.22. The number of piperidine rings is 1. The average Bonchev–Trinajstić information content (AvgIpc) is 2.64. The first-order chi connectivity index (χ1) is 7.67. The van der Waals surface area contributed by atoms with E-state index in [1.54, 1.807) is 0 Å². The Hall–Kier alpha value is -0.900. The Labute approximate surface area is 97.0 Å². The summed E-state index contributed by atoms with van der Waals surface area (Å²) in [6.07, 6.45) is 2.18. The van der Waals surface area contributed by atoms with Gasteiger partial charge in [0.05, 0.1) is 6.54 Å². The second kappa shape index (κ2) is 4.95. The molecule has 1 aromatic rings. The molecule has 4 nitrogen and oxygen atoms in total. The van der Waals surface area contributed by atoms with Crippen molar-refractivity contribution in [2.75, 3.05) is 13.1 Å². The van der Waals surface area contributed by atoms with Crippen LogP contribution in [0.3, 0.4) is 0 Å². The van der Waals surface area contributed by atoms with Crippen molar-refractivity contribution in [3.63, 3.8) is 0 Å². The Bertz CT molecular complexity index is 327. The van der Waals surface area contributed by atoms with Crippen LogP contribution >= 0.6 is 0 Å². The molecule has 2 atom stereocenters. The molecular formula is C12H21N3O. The number of hydrogen-bond donors (Lipinski definition) is 0. The molecule has 0 N–H and O–H groups in total. The van der Waals surface area contributed by atoms with Crippen LogP contribution in [0.5, 0.6) is 0 Å². The first-order valence-corrected chi connectivity index (χ1v) is 6.21. The van der Waals surface area contributed by atoms with Crippen molar-refractivity contribution in [3.05, 3.63) is 11.7 Å². The van der Waals surface area contributed by atoms with Gasteiger partial charge in [0.2, 0.25) is 5.89 Å². The molecule has 16 heavy (non-hydrogen) atoms. The molecule has 0 amide bonds. The molecule has 0 radical (unpaired) electrons. The number of aromatic nitrogens is 2. The predicted octanol–water partition coefficient (Wildman–Crippen LogP) is 2.11. The third kappa shape index (κ3) is 2.82. The molecule has 0 aliphatic carbocycles. The van der Waals surface area contributed by atoms with Gasteiger partial charge in [-0.05, 0) is 18.3 Å². The van der Waals surface area contributed by atoms with Gasteiger partial charge in [-0.25, -0.2) is 0 Å². The highest BCUT2D eigenvalue weighted by Gasteiger charge is 2.23. The Kier molecular flexibility index (Phi) is 3.59. The smallest absolute Gasteiger partial charge is 0.240 e. The van der Waals surface area contributed by atoms with Gasteiger partial charge in [0, 0.05) is 19.5 Å². The summed E-state index contributed by atoms with van der Waals surface area (Å²) in [5.74, 6) is 3.13. The topological polar surface area (TPSA) is 42.2 Å². The molecule has 0 spiro atoms. The van der Waals surface area contributed by atoms with Crippen LogP contribution in [0.1, 0.15) is 38.9 Å². The molecule has 0 saturated carbocycles. The summed E-state index contributed by atoms with van der Waals surface area (Å²) >= 11 is 0. The summed E-state index contributed by atoms with van der Waals surface area (Å²) in [6.45, 7) is 9.77. The van der Waals surface area contributed by atoms with Crippen molar-refractivity contribution < 1.29 is 4.52 Å². The fourth-order valence-corrected chi connectivity index (χ4v) is 2.61. The summed E-state index contributed by atoms with van der Waals surface area (Å²) in [4.78, 5) is 6.78. The van der Waals surface area contributed by atoms with Crippen molar-refractivity contribution in [2.24, 2.45) is 11.8 Å². The zero-order chi connectivity index (χ0) is 11.5. The van der Waals surface area contributed by atoms with Crippen LogP contribution in [-0.4, -0.2) is 28.1 Å². The lowest BCUT2D eigenvalue weighted by atomic mass is 9.92. The standard InChI is InChI=1S/C12H21N3O/c1-4-11-13-12(16-14-11)8-15-6-9(2)5-10(3)7-15/h9-10H,4-8H2,1-3H3/t9-,10+. The van der Waals surface area contributed by atoms with Crippen molar-refractivity contribution in [2.45, 2.75) is 40.2 Å². The van der Waals surface area contributed by atoms with Crippen LogP contribution in [0, 0.1) is 11.8 Å². The lowest BCUT2D eigenvalue weighted by Gasteiger charge is -2.33. The molecule has 4 heteroatoms. The first kappa shape index (κ1) is 11.6. The van der Waals surface area contributed by atoms with Gasteiger partial charge in [-0.2, -0.15) is 4.98 Å². The summed E-state index contributed by atoms with van der Waals surface area (Å²) < 4.78 is 5.23. The van der Waals surface area contributed by atoms with Crippen LogP contribution in [0.15, 0.2) is 4.52 Å². The van der Waals surface area contributed by atoms with Crippen molar-refractivity contribution in [1.82, 2.24) is 15.0 Å². The van der Waals surface area contributed by atoms with E-state index in [0.717, 1.165) is 49.6 Å². The van der Waals surface area contributed by atoms with E-state index in [1.165, 1.54) is 6.42 Å². The predicted molar refractivity (Wildman–Crippen MR) is 61.9 cm³/mol. The van der Waals surface area contributed by atoms with E-state index in [0.29, 0.717) is 0 Å². The van der Waals surface area contributed by atoms with Crippen molar-refractivity contribution >= 4 is 0 Å². The highest BCUT2D eigenvalue weighted by atomic mass is 16.5. The van der Waals surface area contributed by atoms with E-state index >= 15 is 0 Å². The zero-order valence-electron chi connectivity index (χ0n) is 10.4. The van der Waals surface area contributed by atoms with Crippen LogP contribution < -0.4 is 0 Å². The van der Waals surface area contributed by atoms with Crippen LogP contribution in [0.4, 0.5) is 0 Å². The molecule has 1 aliphatic rings. The fourth-order valence-electron chi connectivity index (χ4n) is 2.61. The van der Waals surface area contributed by atoms with Crippen LogP contribution in [0.2, 0.25) is 0 Å². The SMILES string of the molecule is CCc1noc(CN2C[C@H](C)C[C@H](C)C2)n1. The average molecular weight is 223 g/mol. The summed E-state index contributed by atoms with van der Waals surface area (Å²) in [6, 6.07) is 0. The quantitative estimate of drug-likeness (QED) is 0.787. The van der Waals surface area contributed by atoms with E-state index in [-0.39, 0.29) is 0 Å². The highest BCUT2D eigenvalue weighted by molar-refractivity contribution is 4.87. The van der Waals surface area contributed by atoms with E-state index in [9.17, 15) is 0 Å². The van der Waals surface area contributed by atoms with Crippen LogP contribution in [0.25, 0.3) is 0 Å². The van der Waals surface area contributed by atoms with E-state index in [2.05, 4.69) is 28.9 Å². The van der Waals surface area contributed by atoms with Gasteiger partial charge >= 0.3 is 0 Å². The normalized spacial score (nSPS) is 27.2. The van der Waals surface area contributed by atoms with E-state index in [1.807, 2.05) is 6.92 Å². The van der Waals surface area contributed by atoms with Gasteiger partial charge in [0.15, 0.2) is 5.82 Å². The lowest BCUT2D eigenvalue weighted by Crippen LogP contribution is -2.38. The summed E-state index contributed by atoms with van der Waals surface area (Å²) in [5, 5.41) is 3.93. The molecule has 90 valence electrons. The van der Waals surface area contributed by atoms with Crippen molar-refractivity contribution in [3.8, 4) is 0 Å². The Morgan fingerprint density at radius 2 is 2.00 bits per heavy atom. The minimum atomic E-state index is 0.762. The van der Waals surface area contributed by atoms with Gasteiger partial charge in [-0.15, -0.1) is 0 Å². The third-order valence-corrected chi connectivity index (χ3v) is 3.13. The molecule has 1 aromatic heterocycles. The second-order valence-corrected chi connectivity index (χ2v) is 5.10. The Morgan fingerprint density at radius 3 is 2.56 bits per heavy atom. The van der Waals surface area contributed by atoms with E-state index < -0.39 is 0 Å². The zero-order valence-corrected chi connectivity index (χ0v) is 10.4. The Morgan fingerprint density at radius 1 is 1.31 bits per heavy atom. The van der Waals surface area contributed by atoms with Gasteiger partial charge in [0.1, 0.15) is 0 Å². The van der Waals surface area contributed by atoms with Gasteiger partial charge in [-0.1, -0.05) is 25.9 Å². The van der Waals surface area contributed by atoms with Crippen molar-refractivity contribution in [1.29, 1.82) is 0 Å². The maximum Gasteiger partial charge on any atom is 0.240 e. The molecule has 1 aliphatic heterocycles. The van der Waals surface area contributed by atoms with Gasteiger partial charge < -0.3 is 4.52 Å². The van der Waals surface area contributed by atoms with Gasteiger partial charge in [-0.3, -0.25) is 4.90 Å². The van der Waals surface area contributed by atoms with Crippen LogP contribution in [-0.2, 0) is 13.0 Å². The molecule has 0 bridgehead atoms. The lowest BCUT2D eigenvalue weighted by molar-refractivity contribution is 0.121.